The molecule has 0 atom stereocenters. The zero-order valence-corrected chi connectivity index (χ0v) is 22.4. The lowest BCUT2D eigenvalue weighted by molar-refractivity contribution is 0.476. The molecule has 0 heterocycles. The van der Waals surface area contributed by atoms with Crippen molar-refractivity contribution in [1.29, 1.82) is 0 Å². The van der Waals surface area contributed by atoms with Gasteiger partial charge in [-0.05, 0) is 93.7 Å². The van der Waals surface area contributed by atoms with Gasteiger partial charge < -0.3 is 5.11 Å². The second kappa shape index (κ2) is 9.01. The summed E-state index contributed by atoms with van der Waals surface area (Å²) in [5.74, 6) is 0.950. The molecule has 0 bridgehead atoms. The lowest BCUT2D eigenvalue weighted by Crippen LogP contribution is -2.12. The topological polar surface area (TPSA) is 20.2 Å². The van der Waals surface area contributed by atoms with E-state index in [1.165, 1.54) is 38.9 Å². The van der Waals surface area contributed by atoms with Crippen LogP contribution in [0.15, 0.2) is 48.5 Å². The summed E-state index contributed by atoms with van der Waals surface area (Å²) in [7, 11) is 0. The van der Waals surface area contributed by atoms with Crippen LogP contribution in [0, 0.1) is 19.8 Å². The molecule has 3 aromatic carbocycles. The Balaban J connectivity index is 2.26. The number of hydrogen-bond donors (Lipinski definition) is 1. The summed E-state index contributed by atoms with van der Waals surface area (Å²) in [4.78, 5) is 0. The predicted octanol–water partition coefficient (Wildman–Crippen LogP) is 9.14. The molecule has 0 radical (unpaired) electrons. The molecule has 0 fully saturated rings. The van der Waals surface area contributed by atoms with E-state index >= 15 is 0 Å². The number of aryl methyl sites for hydroxylation is 1. The highest BCUT2D eigenvalue weighted by atomic mass is 16.3. The third kappa shape index (κ3) is 5.69. The van der Waals surface area contributed by atoms with Crippen LogP contribution in [0.5, 0.6) is 5.75 Å². The summed E-state index contributed by atoms with van der Waals surface area (Å²) >= 11 is 0. The van der Waals surface area contributed by atoms with Gasteiger partial charge in [0.1, 0.15) is 5.75 Å². The van der Waals surface area contributed by atoms with Crippen molar-refractivity contribution >= 4 is 0 Å². The Bertz CT molecular complexity index is 1150. The molecule has 176 valence electrons. The first kappa shape index (κ1) is 25.1. The zero-order chi connectivity index (χ0) is 24.7. The first-order valence-electron chi connectivity index (χ1n) is 12.3. The third-order valence-electron chi connectivity index (χ3n) is 6.52. The Kier molecular flexibility index (Phi) is 6.85. The number of benzene rings is 3. The van der Waals surface area contributed by atoms with Gasteiger partial charge in [0.15, 0.2) is 0 Å². The van der Waals surface area contributed by atoms with Gasteiger partial charge in [-0.25, -0.2) is 0 Å². The highest BCUT2D eigenvalue weighted by Crippen LogP contribution is 2.40. The molecule has 3 rings (SSSR count). The van der Waals surface area contributed by atoms with Crippen LogP contribution >= 0.6 is 0 Å². The smallest absolute Gasteiger partial charge is 0.123 e. The Morgan fingerprint density at radius 3 is 1.88 bits per heavy atom. The standard InChI is InChI=1S/C32H42O/c1-20(2)13-23-16-24(18-26(17-23)32(8,9)10)27-14-21(3)15-28(22(27)4)29-19-25(31(5,6)7)11-12-30(29)33/h11-12,14-20,33H,13H2,1-10H3. The molecule has 0 saturated carbocycles. The van der Waals surface area contributed by atoms with Crippen LogP contribution in [-0.2, 0) is 17.3 Å². The van der Waals surface area contributed by atoms with Crippen molar-refractivity contribution in [2.24, 2.45) is 5.92 Å². The minimum Gasteiger partial charge on any atom is -0.507 e. The van der Waals surface area contributed by atoms with Crippen LogP contribution < -0.4 is 0 Å². The van der Waals surface area contributed by atoms with Gasteiger partial charge in [0, 0.05) is 5.56 Å². The molecule has 0 aliphatic rings. The molecule has 0 aromatic heterocycles. The number of rotatable bonds is 4. The molecule has 0 saturated heterocycles. The molecule has 3 aromatic rings. The monoisotopic (exact) mass is 442 g/mol. The molecule has 33 heavy (non-hydrogen) atoms. The van der Waals surface area contributed by atoms with Crippen molar-refractivity contribution < 1.29 is 5.11 Å². The molecule has 1 N–H and O–H groups in total. The highest BCUT2D eigenvalue weighted by molar-refractivity contribution is 5.82. The van der Waals surface area contributed by atoms with Gasteiger partial charge in [-0.3, -0.25) is 0 Å². The summed E-state index contributed by atoms with van der Waals surface area (Å²) in [5.41, 5.74) is 11.1. The van der Waals surface area contributed by atoms with Gasteiger partial charge >= 0.3 is 0 Å². The summed E-state index contributed by atoms with van der Waals surface area (Å²) < 4.78 is 0. The van der Waals surface area contributed by atoms with E-state index in [4.69, 9.17) is 0 Å². The first-order chi connectivity index (χ1) is 15.2. The Morgan fingerprint density at radius 1 is 0.697 bits per heavy atom. The lowest BCUT2D eigenvalue weighted by Gasteiger charge is -2.24. The average molecular weight is 443 g/mol. The predicted molar refractivity (Wildman–Crippen MR) is 144 cm³/mol. The van der Waals surface area contributed by atoms with Gasteiger partial charge in [-0.2, -0.15) is 0 Å². The van der Waals surface area contributed by atoms with E-state index in [0.717, 1.165) is 17.5 Å². The third-order valence-corrected chi connectivity index (χ3v) is 6.52. The molecule has 1 heteroatoms. The van der Waals surface area contributed by atoms with E-state index in [9.17, 15) is 5.11 Å². The fourth-order valence-corrected chi connectivity index (χ4v) is 4.53. The molecule has 0 amide bonds. The Hall–Kier alpha value is -2.54. The van der Waals surface area contributed by atoms with E-state index in [2.05, 4.69) is 106 Å². The van der Waals surface area contributed by atoms with Crippen LogP contribution in [0.3, 0.4) is 0 Å². The van der Waals surface area contributed by atoms with Gasteiger partial charge in [0.25, 0.3) is 0 Å². The molecule has 0 aliphatic carbocycles. The van der Waals surface area contributed by atoms with E-state index in [1.807, 2.05) is 12.1 Å². The highest BCUT2D eigenvalue weighted by Gasteiger charge is 2.20. The maximum atomic E-state index is 10.8. The molecule has 0 unspecified atom stereocenters. The SMILES string of the molecule is Cc1cc(-c2cc(CC(C)C)cc(C(C)(C)C)c2)c(C)c(-c2cc(C(C)(C)C)ccc2O)c1. The van der Waals surface area contributed by atoms with Gasteiger partial charge in [-0.15, -0.1) is 0 Å². The molecular formula is C32H42O. The van der Waals surface area contributed by atoms with Crippen LogP contribution in [-0.4, -0.2) is 5.11 Å². The first-order valence-corrected chi connectivity index (χ1v) is 12.3. The van der Waals surface area contributed by atoms with Gasteiger partial charge in [0.05, 0.1) is 0 Å². The average Bonchev–Trinajstić information content (AvgIpc) is 2.67. The number of phenols is 1. The molecule has 0 spiro atoms. The van der Waals surface area contributed by atoms with Crippen LogP contribution in [0.2, 0.25) is 0 Å². The van der Waals surface area contributed by atoms with Crippen LogP contribution in [0.25, 0.3) is 22.3 Å². The maximum absolute atomic E-state index is 10.8. The summed E-state index contributed by atoms with van der Waals surface area (Å²) in [6, 6.07) is 17.7. The van der Waals surface area contributed by atoms with Crippen molar-refractivity contribution in [1.82, 2.24) is 0 Å². The van der Waals surface area contributed by atoms with E-state index in [-0.39, 0.29) is 10.8 Å². The van der Waals surface area contributed by atoms with Crippen molar-refractivity contribution in [2.75, 3.05) is 0 Å². The number of hydrogen-bond acceptors (Lipinski definition) is 1. The minimum absolute atomic E-state index is 0.0236. The number of aromatic hydroxyl groups is 1. The fourth-order valence-electron chi connectivity index (χ4n) is 4.53. The molecule has 0 aliphatic heterocycles. The van der Waals surface area contributed by atoms with E-state index in [1.54, 1.807) is 0 Å². The molecule has 1 nitrogen and oxygen atoms in total. The zero-order valence-electron chi connectivity index (χ0n) is 22.4. The van der Waals surface area contributed by atoms with Crippen molar-refractivity contribution in [2.45, 2.75) is 86.5 Å². The summed E-state index contributed by atoms with van der Waals surface area (Å²) in [6.45, 7) is 22.4. The Labute approximate surface area is 201 Å². The van der Waals surface area contributed by atoms with Crippen LogP contribution in [0.4, 0.5) is 0 Å². The van der Waals surface area contributed by atoms with E-state index < -0.39 is 0 Å². The molecular weight excluding hydrogens is 400 g/mol. The quantitative estimate of drug-likeness (QED) is 0.427. The lowest BCUT2D eigenvalue weighted by atomic mass is 9.81. The van der Waals surface area contributed by atoms with Gasteiger partial charge in [0.2, 0.25) is 0 Å². The maximum Gasteiger partial charge on any atom is 0.123 e. The largest absolute Gasteiger partial charge is 0.507 e. The number of phenolic OH excluding ortho intramolecular Hbond substituents is 1. The van der Waals surface area contributed by atoms with Crippen molar-refractivity contribution in [3.8, 4) is 28.0 Å². The van der Waals surface area contributed by atoms with Crippen molar-refractivity contribution in [3.63, 3.8) is 0 Å². The fraction of sp³-hybridized carbons (Fsp3) is 0.438. The summed E-state index contributed by atoms with van der Waals surface area (Å²) in [6.07, 6.45) is 1.07. The summed E-state index contributed by atoms with van der Waals surface area (Å²) in [5, 5.41) is 10.8. The second-order valence-electron chi connectivity index (χ2n) is 12.2. The Morgan fingerprint density at radius 2 is 1.30 bits per heavy atom. The second-order valence-corrected chi connectivity index (χ2v) is 12.2. The van der Waals surface area contributed by atoms with Gasteiger partial charge in [-0.1, -0.05) is 91.8 Å². The normalized spacial score (nSPS) is 12.5. The van der Waals surface area contributed by atoms with Crippen LogP contribution in [0.1, 0.15) is 83.2 Å². The van der Waals surface area contributed by atoms with Crippen molar-refractivity contribution in [3.05, 3.63) is 76.3 Å². The van der Waals surface area contributed by atoms with E-state index in [0.29, 0.717) is 11.7 Å². The minimum atomic E-state index is 0.0236.